The number of hydrogen-bond donors (Lipinski definition) is 2. The summed E-state index contributed by atoms with van der Waals surface area (Å²) in [5.74, 6) is -0.577. The summed E-state index contributed by atoms with van der Waals surface area (Å²) in [5, 5.41) is 3.36. The number of hydrogen-bond acceptors (Lipinski definition) is 3. The third-order valence-corrected chi connectivity index (χ3v) is 4.45. The van der Waals surface area contributed by atoms with E-state index in [1.807, 2.05) is 31.2 Å². The molecule has 4 aromatic rings. The van der Waals surface area contributed by atoms with Crippen molar-refractivity contribution in [3.8, 4) is 0 Å². The van der Waals surface area contributed by atoms with E-state index in [-0.39, 0.29) is 30.2 Å². The number of anilines is 1. The second-order valence-electron chi connectivity index (χ2n) is 6.45. The molecule has 0 unspecified atom stereocenters. The van der Waals surface area contributed by atoms with Gasteiger partial charge in [-0.15, -0.1) is 0 Å². The van der Waals surface area contributed by atoms with Crippen molar-refractivity contribution in [2.24, 2.45) is 0 Å². The van der Waals surface area contributed by atoms with Crippen molar-refractivity contribution in [1.29, 1.82) is 0 Å². The van der Waals surface area contributed by atoms with E-state index in [2.05, 4.69) is 15.3 Å². The summed E-state index contributed by atoms with van der Waals surface area (Å²) in [6, 6.07) is 11.7. The Kier molecular flexibility index (Phi) is 4.19. The van der Waals surface area contributed by atoms with Crippen molar-refractivity contribution < 1.29 is 9.18 Å². The first-order chi connectivity index (χ1) is 13.0. The normalized spacial score (nSPS) is 11.2. The number of benzene rings is 2. The molecular weight excluding hydrogens is 347 g/mol. The molecular formula is C20H17FN4O2. The number of carbonyl (C=O) groups is 1. The maximum atomic E-state index is 13.5. The quantitative estimate of drug-likeness (QED) is 0.583. The van der Waals surface area contributed by atoms with Crippen LogP contribution in [0.5, 0.6) is 0 Å². The minimum Gasteiger partial charge on any atom is -0.349 e. The molecule has 0 aliphatic rings. The van der Waals surface area contributed by atoms with Crippen molar-refractivity contribution in [3.63, 3.8) is 0 Å². The van der Waals surface area contributed by atoms with Crippen molar-refractivity contribution in [1.82, 2.24) is 14.5 Å². The highest BCUT2D eigenvalue weighted by atomic mass is 19.1. The Morgan fingerprint density at radius 3 is 2.78 bits per heavy atom. The zero-order valence-electron chi connectivity index (χ0n) is 14.6. The van der Waals surface area contributed by atoms with Gasteiger partial charge in [-0.3, -0.25) is 14.2 Å². The van der Waals surface area contributed by atoms with Crippen molar-refractivity contribution in [3.05, 3.63) is 70.5 Å². The first-order valence-corrected chi connectivity index (χ1v) is 8.54. The Morgan fingerprint density at radius 2 is 2.00 bits per heavy atom. The second-order valence-corrected chi connectivity index (χ2v) is 6.45. The molecule has 0 bridgehead atoms. The highest BCUT2D eigenvalue weighted by Gasteiger charge is 2.12. The van der Waals surface area contributed by atoms with Gasteiger partial charge < -0.3 is 10.3 Å². The lowest BCUT2D eigenvalue weighted by Crippen LogP contribution is -2.23. The maximum Gasteiger partial charge on any atom is 0.277 e. The summed E-state index contributed by atoms with van der Waals surface area (Å²) in [4.78, 5) is 32.0. The highest BCUT2D eigenvalue weighted by Crippen LogP contribution is 2.22. The van der Waals surface area contributed by atoms with Gasteiger partial charge in [-0.2, -0.15) is 0 Å². The summed E-state index contributed by atoms with van der Waals surface area (Å²) >= 11 is 0. The summed E-state index contributed by atoms with van der Waals surface area (Å²) in [5.41, 5.74) is 2.90. The molecule has 0 radical (unpaired) electrons. The molecule has 2 aromatic heterocycles. The fourth-order valence-electron chi connectivity index (χ4n) is 3.00. The van der Waals surface area contributed by atoms with Crippen molar-refractivity contribution >= 4 is 33.5 Å². The number of aryl methyl sites for hydroxylation is 2. The second kappa shape index (κ2) is 6.68. The minimum atomic E-state index is -0.387. The van der Waals surface area contributed by atoms with E-state index in [1.165, 1.54) is 23.0 Å². The standard InChI is InChI=1S/C20H17FN4O2/c1-12-2-5-14(6-3-12)23-17(26)8-9-25-11-22-18-15-10-13(21)4-7-16(15)24-19(18)20(25)27/h2-7,10-11,24H,8-9H2,1H3,(H,23,26). The van der Waals surface area contributed by atoms with Crippen LogP contribution in [0.4, 0.5) is 10.1 Å². The Hall–Kier alpha value is -3.48. The molecule has 6 nitrogen and oxygen atoms in total. The molecule has 7 heteroatoms. The van der Waals surface area contributed by atoms with E-state index < -0.39 is 0 Å². The van der Waals surface area contributed by atoms with Gasteiger partial charge in [0.15, 0.2) is 0 Å². The average Bonchev–Trinajstić information content (AvgIpc) is 3.02. The van der Waals surface area contributed by atoms with Gasteiger partial charge in [0.2, 0.25) is 5.91 Å². The number of rotatable bonds is 4. The molecule has 136 valence electrons. The topological polar surface area (TPSA) is 79.8 Å². The predicted molar refractivity (Wildman–Crippen MR) is 102 cm³/mol. The predicted octanol–water partition coefficient (Wildman–Crippen LogP) is 3.35. The third-order valence-electron chi connectivity index (χ3n) is 4.45. The maximum absolute atomic E-state index is 13.5. The third kappa shape index (κ3) is 3.31. The SMILES string of the molecule is Cc1ccc(NC(=O)CCn2cnc3c([nH]c4ccc(F)cc43)c2=O)cc1. The fourth-order valence-corrected chi connectivity index (χ4v) is 3.00. The van der Waals surface area contributed by atoms with Crippen molar-refractivity contribution in [2.45, 2.75) is 19.9 Å². The molecule has 0 atom stereocenters. The van der Waals surface area contributed by atoms with E-state index in [4.69, 9.17) is 0 Å². The molecule has 0 fully saturated rings. The summed E-state index contributed by atoms with van der Waals surface area (Å²) in [6.45, 7) is 2.17. The Bertz CT molecular complexity index is 1210. The molecule has 1 amide bonds. The lowest BCUT2D eigenvalue weighted by molar-refractivity contribution is -0.116. The average molecular weight is 364 g/mol. The van der Waals surface area contributed by atoms with Gasteiger partial charge in [0.1, 0.15) is 16.9 Å². The van der Waals surface area contributed by atoms with Crippen LogP contribution in [0.15, 0.2) is 53.6 Å². The van der Waals surface area contributed by atoms with Crippen LogP contribution in [0.3, 0.4) is 0 Å². The summed E-state index contributed by atoms with van der Waals surface area (Å²) < 4.78 is 14.8. The number of nitrogens with zero attached hydrogens (tertiary/aromatic N) is 2. The molecule has 2 N–H and O–H groups in total. The van der Waals surface area contributed by atoms with Crippen LogP contribution in [0.1, 0.15) is 12.0 Å². The Balaban J connectivity index is 1.54. The summed E-state index contributed by atoms with van der Waals surface area (Å²) in [7, 11) is 0. The molecule has 2 aromatic carbocycles. The van der Waals surface area contributed by atoms with Gasteiger partial charge in [-0.25, -0.2) is 9.37 Å². The number of fused-ring (bicyclic) bond motifs is 3. The number of carbonyl (C=O) groups excluding carboxylic acids is 1. The zero-order valence-corrected chi connectivity index (χ0v) is 14.6. The van der Waals surface area contributed by atoms with E-state index in [0.717, 1.165) is 5.56 Å². The van der Waals surface area contributed by atoms with Gasteiger partial charge in [-0.1, -0.05) is 17.7 Å². The lowest BCUT2D eigenvalue weighted by Gasteiger charge is -2.07. The van der Waals surface area contributed by atoms with Crippen LogP contribution >= 0.6 is 0 Å². The van der Waals surface area contributed by atoms with E-state index >= 15 is 0 Å². The number of H-pyrrole nitrogens is 1. The number of halogens is 1. The van der Waals surface area contributed by atoms with Gasteiger partial charge >= 0.3 is 0 Å². The van der Waals surface area contributed by atoms with Crippen molar-refractivity contribution in [2.75, 3.05) is 5.32 Å². The van der Waals surface area contributed by atoms with Gasteiger partial charge in [0.05, 0.1) is 6.33 Å². The van der Waals surface area contributed by atoms with Crippen LogP contribution in [-0.4, -0.2) is 20.4 Å². The fraction of sp³-hybridized carbons (Fsp3) is 0.150. The van der Waals surface area contributed by atoms with E-state index in [0.29, 0.717) is 27.6 Å². The molecule has 0 aliphatic heterocycles. The molecule has 0 spiro atoms. The van der Waals surface area contributed by atoms with Crippen LogP contribution in [0, 0.1) is 12.7 Å². The number of nitrogens with one attached hydrogen (secondary N) is 2. The molecule has 0 saturated carbocycles. The van der Waals surface area contributed by atoms with Crippen LogP contribution in [0.25, 0.3) is 21.9 Å². The highest BCUT2D eigenvalue weighted by molar-refractivity contribution is 6.04. The smallest absolute Gasteiger partial charge is 0.277 e. The molecule has 27 heavy (non-hydrogen) atoms. The minimum absolute atomic E-state index is 0.135. The molecule has 0 saturated heterocycles. The molecule has 0 aliphatic carbocycles. The van der Waals surface area contributed by atoms with E-state index in [9.17, 15) is 14.0 Å². The van der Waals surface area contributed by atoms with Gasteiger partial charge in [0.25, 0.3) is 5.56 Å². The Labute approximate surface area is 153 Å². The first-order valence-electron chi connectivity index (χ1n) is 8.54. The number of aromatic amines is 1. The van der Waals surface area contributed by atoms with Crippen LogP contribution in [-0.2, 0) is 11.3 Å². The van der Waals surface area contributed by atoms with E-state index in [1.54, 1.807) is 6.07 Å². The molecule has 4 rings (SSSR count). The lowest BCUT2D eigenvalue weighted by atomic mass is 10.2. The number of aromatic nitrogens is 3. The molecule has 2 heterocycles. The first kappa shape index (κ1) is 17.0. The number of amides is 1. The largest absolute Gasteiger partial charge is 0.349 e. The van der Waals surface area contributed by atoms with Gasteiger partial charge in [-0.05, 0) is 37.3 Å². The summed E-state index contributed by atoms with van der Waals surface area (Å²) in [6.07, 6.45) is 1.53. The van der Waals surface area contributed by atoms with Crippen LogP contribution < -0.4 is 10.9 Å². The monoisotopic (exact) mass is 364 g/mol. The van der Waals surface area contributed by atoms with Crippen LogP contribution in [0.2, 0.25) is 0 Å². The Morgan fingerprint density at radius 1 is 1.22 bits per heavy atom. The van der Waals surface area contributed by atoms with Gasteiger partial charge in [0, 0.05) is 29.6 Å². The zero-order chi connectivity index (χ0) is 19.0.